The molecular weight excluding hydrogens is 438 g/mol. The fraction of sp³-hybridized carbons (Fsp3) is 0.300. The Morgan fingerprint density at radius 1 is 1.10 bits per heavy atom. The van der Waals surface area contributed by atoms with Crippen LogP contribution < -0.4 is 16.4 Å². The van der Waals surface area contributed by atoms with Gasteiger partial charge in [0.05, 0.1) is 5.39 Å². The summed E-state index contributed by atoms with van der Waals surface area (Å²) in [6.45, 7) is 2.50. The summed E-state index contributed by atoms with van der Waals surface area (Å²) in [6, 6.07) is 8.47. The summed E-state index contributed by atoms with van der Waals surface area (Å²) in [7, 11) is 1.72. The maximum absolute atomic E-state index is 12.8. The lowest BCUT2D eigenvalue weighted by molar-refractivity contribution is 0.0839. The largest absolute Gasteiger partial charge is 0.345 e. The molecular formula is C20H22BrN5O3. The minimum absolute atomic E-state index is 0.0880. The average Bonchev–Trinajstić information content (AvgIpc) is 3.06. The zero-order chi connectivity index (χ0) is 21.0. The molecule has 2 amide bonds. The number of hydrazine groups is 1. The summed E-state index contributed by atoms with van der Waals surface area (Å²) in [4.78, 5) is 37.8. The second-order valence-corrected chi connectivity index (χ2v) is 7.61. The van der Waals surface area contributed by atoms with Crippen molar-refractivity contribution >= 4 is 38.5 Å². The van der Waals surface area contributed by atoms with Crippen LogP contribution in [0.5, 0.6) is 0 Å². The van der Waals surface area contributed by atoms with E-state index in [1.807, 2.05) is 0 Å². The first kappa shape index (κ1) is 20.8. The Hall–Kier alpha value is -2.94. The third-order valence-corrected chi connectivity index (χ3v) is 4.98. The molecule has 0 saturated heterocycles. The molecule has 2 heterocycles. The smallest absolute Gasteiger partial charge is 0.290 e. The standard InChI is InChI=1S/C20H22BrN5O3/c1-3-4-7-10-26-20(29)15-9-6-5-8-14(15)17(24-26)19(28)23-22-18(27)16-11-13(21)12-25(16)2/h5-6,8-9,11-12H,3-4,7,10H2,1-2H3,(H,22,27)(H,23,28). The summed E-state index contributed by atoms with van der Waals surface area (Å²) in [5, 5.41) is 5.13. The number of nitrogens with zero attached hydrogens (tertiary/aromatic N) is 3. The third-order valence-electron chi connectivity index (χ3n) is 4.55. The van der Waals surface area contributed by atoms with Gasteiger partial charge >= 0.3 is 0 Å². The molecule has 2 aromatic heterocycles. The SMILES string of the molecule is CCCCCn1nc(C(=O)NNC(=O)c2cc(Br)cn2C)c2ccccc2c1=O. The highest BCUT2D eigenvalue weighted by atomic mass is 79.9. The van der Waals surface area contributed by atoms with Gasteiger partial charge in [-0.3, -0.25) is 25.2 Å². The van der Waals surface area contributed by atoms with Crippen LogP contribution in [0.3, 0.4) is 0 Å². The molecule has 9 heteroatoms. The van der Waals surface area contributed by atoms with E-state index in [2.05, 4.69) is 38.8 Å². The summed E-state index contributed by atoms with van der Waals surface area (Å²) in [5.74, 6) is -1.06. The first-order valence-corrected chi connectivity index (χ1v) is 10.1. The van der Waals surface area contributed by atoms with Crippen molar-refractivity contribution in [1.29, 1.82) is 0 Å². The van der Waals surface area contributed by atoms with Crippen molar-refractivity contribution in [1.82, 2.24) is 25.2 Å². The minimum Gasteiger partial charge on any atom is -0.345 e. The molecule has 8 nitrogen and oxygen atoms in total. The van der Waals surface area contributed by atoms with E-state index in [1.54, 1.807) is 48.1 Å². The van der Waals surface area contributed by atoms with Crippen LogP contribution in [0.2, 0.25) is 0 Å². The number of halogens is 1. The number of amides is 2. The Bertz CT molecular complexity index is 1120. The van der Waals surface area contributed by atoms with Crippen LogP contribution in [-0.4, -0.2) is 26.2 Å². The van der Waals surface area contributed by atoms with Gasteiger partial charge in [-0.15, -0.1) is 0 Å². The van der Waals surface area contributed by atoms with E-state index < -0.39 is 11.8 Å². The molecule has 0 aliphatic carbocycles. The van der Waals surface area contributed by atoms with Crippen molar-refractivity contribution in [2.24, 2.45) is 7.05 Å². The fourth-order valence-electron chi connectivity index (χ4n) is 3.05. The number of nitrogens with one attached hydrogen (secondary N) is 2. The summed E-state index contributed by atoms with van der Waals surface area (Å²) < 4.78 is 3.71. The van der Waals surface area contributed by atoms with Crippen LogP contribution in [0.4, 0.5) is 0 Å². The number of aryl methyl sites for hydroxylation is 2. The Labute approximate surface area is 176 Å². The monoisotopic (exact) mass is 459 g/mol. The second kappa shape index (κ2) is 9.04. The number of carbonyl (C=O) groups is 2. The van der Waals surface area contributed by atoms with Crippen LogP contribution in [0, 0.1) is 0 Å². The van der Waals surface area contributed by atoms with E-state index in [1.165, 1.54) is 4.68 Å². The molecule has 152 valence electrons. The van der Waals surface area contributed by atoms with Gasteiger partial charge in [0.1, 0.15) is 5.69 Å². The van der Waals surface area contributed by atoms with Crippen molar-refractivity contribution in [3.05, 3.63) is 62.7 Å². The number of aromatic nitrogens is 3. The van der Waals surface area contributed by atoms with Crippen LogP contribution in [-0.2, 0) is 13.6 Å². The molecule has 3 rings (SSSR count). The highest BCUT2D eigenvalue weighted by molar-refractivity contribution is 9.10. The fourth-order valence-corrected chi connectivity index (χ4v) is 3.58. The van der Waals surface area contributed by atoms with Gasteiger partial charge in [-0.25, -0.2) is 4.68 Å². The number of rotatable bonds is 6. The predicted octanol–water partition coefficient (Wildman–Crippen LogP) is 2.76. The zero-order valence-electron chi connectivity index (χ0n) is 16.2. The van der Waals surface area contributed by atoms with Gasteiger partial charge in [-0.2, -0.15) is 5.10 Å². The molecule has 2 N–H and O–H groups in total. The van der Waals surface area contributed by atoms with Gasteiger partial charge < -0.3 is 4.57 Å². The molecule has 0 aliphatic rings. The number of hydrogen-bond donors (Lipinski definition) is 2. The molecule has 0 unspecified atom stereocenters. The van der Waals surface area contributed by atoms with E-state index >= 15 is 0 Å². The lowest BCUT2D eigenvalue weighted by Gasteiger charge is -2.12. The highest BCUT2D eigenvalue weighted by Crippen LogP contribution is 2.14. The zero-order valence-corrected chi connectivity index (χ0v) is 17.8. The maximum atomic E-state index is 12.8. The number of hydrogen-bond acceptors (Lipinski definition) is 4. The molecule has 0 spiro atoms. The van der Waals surface area contributed by atoms with Gasteiger partial charge in [0, 0.05) is 29.6 Å². The van der Waals surface area contributed by atoms with Crippen LogP contribution >= 0.6 is 15.9 Å². The normalized spacial score (nSPS) is 10.9. The van der Waals surface area contributed by atoms with E-state index in [-0.39, 0.29) is 11.3 Å². The van der Waals surface area contributed by atoms with Gasteiger partial charge in [0.25, 0.3) is 17.4 Å². The second-order valence-electron chi connectivity index (χ2n) is 6.69. The van der Waals surface area contributed by atoms with Gasteiger partial charge in [-0.05, 0) is 34.5 Å². The average molecular weight is 460 g/mol. The van der Waals surface area contributed by atoms with Crippen LogP contribution in [0.1, 0.15) is 47.2 Å². The molecule has 3 aromatic rings. The highest BCUT2D eigenvalue weighted by Gasteiger charge is 2.18. The summed E-state index contributed by atoms with van der Waals surface area (Å²) in [6.07, 6.45) is 4.50. The quantitative estimate of drug-likeness (QED) is 0.437. The summed E-state index contributed by atoms with van der Waals surface area (Å²) >= 11 is 3.31. The topological polar surface area (TPSA) is 98.0 Å². The maximum Gasteiger partial charge on any atom is 0.290 e. The Morgan fingerprint density at radius 2 is 1.79 bits per heavy atom. The first-order valence-electron chi connectivity index (χ1n) is 9.34. The van der Waals surface area contributed by atoms with Crippen molar-refractivity contribution in [2.45, 2.75) is 32.7 Å². The number of unbranched alkanes of at least 4 members (excludes halogenated alkanes) is 2. The molecule has 0 bridgehead atoms. The molecule has 0 saturated carbocycles. The molecule has 0 radical (unpaired) electrons. The Kier molecular flexibility index (Phi) is 6.48. The number of carbonyl (C=O) groups excluding carboxylic acids is 2. The lowest BCUT2D eigenvalue weighted by Crippen LogP contribution is -2.43. The van der Waals surface area contributed by atoms with Gasteiger partial charge in [0.2, 0.25) is 0 Å². The molecule has 29 heavy (non-hydrogen) atoms. The first-order chi connectivity index (χ1) is 13.9. The van der Waals surface area contributed by atoms with Crippen molar-refractivity contribution in [2.75, 3.05) is 0 Å². The molecule has 0 fully saturated rings. The molecule has 0 aliphatic heterocycles. The van der Waals surface area contributed by atoms with E-state index in [0.29, 0.717) is 23.0 Å². The third kappa shape index (κ3) is 4.56. The number of benzene rings is 1. The molecule has 1 aromatic carbocycles. The van der Waals surface area contributed by atoms with Crippen molar-refractivity contribution in [3.63, 3.8) is 0 Å². The Balaban J connectivity index is 1.86. The minimum atomic E-state index is -0.591. The van der Waals surface area contributed by atoms with E-state index in [4.69, 9.17) is 0 Å². The molecule has 0 atom stereocenters. The summed E-state index contributed by atoms with van der Waals surface area (Å²) in [5.41, 5.74) is 5.02. The van der Waals surface area contributed by atoms with Crippen molar-refractivity contribution in [3.8, 4) is 0 Å². The Morgan fingerprint density at radius 3 is 2.45 bits per heavy atom. The van der Waals surface area contributed by atoms with Crippen LogP contribution in [0.15, 0.2) is 45.8 Å². The van der Waals surface area contributed by atoms with Gasteiger partial charge in [-0.1, -0.05) is 38.0 Å². The van der Waals surface area contributed by atoms with Crippen molar-refractivity contribution < 1.29 is 9.59 Å². The van der Waals surface area contributed by atoms with Crippen LogP contribution in [0.25, 0.3) is 10.8 Å². The predicted molar refractivity (Wildman–Crippen MR) is 114 cm³/mol. The van der Waals surface area contributed by atoms with Gasteiger partial charge in [0.15, 0.2) is 5.69 Å². The van der Waals surface area contributed by atoms with E-state index in [9.17, 15) is 14.4 Å². The lowest BCUT2D eigenvalue weighted by atomic mass is 10.1. The number of fused-ring (bicyclic) bond motifs is 1. The van der Waals surface area contributed by atoms with E-state index in [0.717, 1.165) is 23.7 Å².